The van der Waals surface area contributed by atoms with Crippen molar-refractivity contribution in [1.82, 2.24) is 0 Å². The first-order valence-corrected chi connectivity index (χ1v) is 5.66. The lowest BCUT2D eigenvalue weighted by molar-refractivity contribution is 0.646. The highest BCUT2D eigenvalue weighted by Gasteiger charge is 2.06. The molecule has 1 heteroatoms. The monoisotopic (exact) mass is 210 g/mol. The molecule has 78 valence electrons. The summed E-state index contributed by atoms with van der Waals surface area (Å²) in [4.78, 5) is 0. The molecule has 0 bridgehead atoms. The number of halogens is 1. The summed E-state index contributed by atoms with van der Waals surface area (Å²) in [5, 5.41) is 0.906. The lowest BCUT2D eigenvalue weighted by Crippen LogP contribution is -1.97. The van der Waals surface area contributed by atoms with E-state index < -0.39 is 0 Å². The fourth-order valence-electron chi connectivity index (χ4n) is 1.55. The van der Waals surface area contributed by atoms with Crippen molar-refractivity contribution in [3.8, 4) is 0 Å². The van der Waals surface area contributed by atoms with Gasteiger partial charge in [0.15, 0.2) is 0 Å². The number of hydrogen-bond donors (Lipinski definition) is 0. The maximum Gasteiger partial charge on any atom is 0.0438 e. The molecule has 0 radical (unpaired) electrons. The quantitative estimate of drug-likeness (QED) is 0.681. The maximum atomic E-state index is 6.14. The van der Waals surface area contributed by atoms with Gasteiger partial charge in [-0.1, -0.05) is 51.4 Å². The van der Waals surface area contributed by atoms with E-state index in [9.17, 15) is 0 Å². The highest BCUT2D eigenvalue weighted by molar-refractivity contribution is 6.31. The first-order valence-electron chi connectivity index (χ1n) is 5.29. The molecular weight excluding hydrogens is 192 g/mol. The second-order valence-electron chi connectivity index (χ2n) is 4.60. The van der Waals surface area contributed by atoms with Crippen molar-refractivity contribution >= 4 is 11.6 Å². The Bertz CT molecular complexity index is 300. The molecule has 0 aliphatic heterocycles. The second kappa shape index (κ2) is 4.84. The van der Waals surface area contributed by atoms with Crippen LogP contribution in [-0.2, 0) is 6.42 Å². The van der Waals surface area contributed by atoms with Crippen molar-refractivity contribution in [2.75, 3.05) is 0 Å². The Morgan fingerprint density at radius 3 is 2.29 bits per heavy atom. The highest BCUT2D eigenvalue weighted by Crippen LogP contribution is 2.24. The summed E-state index contributed by atoms with van der Waals surface area (Å²) in [6, 6.07) is 6.39. The van der Waals surface area contributed by atoms with Crippen LogP contribution in [0.4, 0.5) is 0 Å². The van der Waals surface area contributed by atoms with Crippen molar-refractivity contribution in [3.05, 3.63) is 34.3 Å². The molecule has 0 nitrogen and oxygen atoms in total. The lowest BCUT2D eigenvalue weighted by atomic mass is 9.96. The molecule has 0 aliphatic rings. The van der Waals surface area contributed by atoms with E-state index in [2.05, 4.69) is 39.8 Å². The van der Waals surface area contributed by atoms with Crippen molar-refractivity contribution in [2.45, 2.75) is 40.0 Å². The molecule has 0 amide bonds. The Morgan fingerprint density at radius 2 is 1.79 bits per heavy atom. The smallest absolute Gasteiger partial charge is 0.0438 e. The normalized spacial score (nSPS) is 11.4. The Kier molecular flexibility index (Phi) is 4.00. The Morgan fingerprint density at radius 1 is 1.14 bits per heavy atom. The fourth-order valence-corrected chi connectivity index (χ4v) is 1.74. The molecule has 0 aliphatic carbocycles. The summed E-state index contributed by atoms with van der Waals surface area (Å²) in [5.41, 5.74) is 2.66. The van der Waals surface area contributed by atoms with Gasteiger partial charge in [-0.2, -0.15) is 0 Å². The van der Waals surface area contributed by atoms with E-state index in [0.29, 0.717) is 11.8 Å². The third-order valence-corrected chi connectivity index (χ3v) is 2.73. The Labute approximate surface area is 92.3 Å². The van der Waals surface area contributed by atoms with Crippen molar-refractivity contribution in [2.24, 2.45) is 5.92 Å². The van der Waals surface area contributed by atoms with Crippen LogP contribution in [0.5, 0.6) is 0 Å². The summed E-state index contributed by atoms with van der Waals surface area (Å²) >= 11 is 6.14. The molecule has 0 heterocycles. The van der Waals surface area contributed by atoms with Gasteiger partial charge in [-0.3, -0.25) is 0 Å². The zero-order chi connectivity index (χ0) is 10.7. The minimum absolute atomic E-state index is 0.582. The molecule has 0 unspecified atom stereocenters. The average Bonchev–Trinajstić information content (AvgIpc) is 2.07. The van der Waals surface area contributed by atoms with E-state index in [4.69, 9.17) is 11.6 Å². The minimum Gasteiger partial charge on any atom is -0.0840 e. The fraction of sp³-hybridized carbons (Fsp3) is 0.538. The van der Waals surface area contributed by atoms with Gasteiger partial charge in [-0.05, 0) is 35.4 Å². The molecular formula is C13H19Cl. The molecule has 0 saturated heterocycles. The first-order chi connectivity index (χ1) is 6.50. The third kappa shape index (κ3) is 3.02. The van der Waals surface area contributed by atoms with Crippen LogP contribution in [0.25, 0.3) is 0 Å². The van der Waals surface area contributed by atoms with Gasteiger partial charge in [0.05, 0.1) is 0 Å². The lowest BCUT2D eigenvalue weighted by Gasteiger charge is -2.11. The second-order valence-corrected chi connectivity index (χ2v) is 5.01. The molecule has 0 spiro atoms. The number of hydrogen-bond acceptors (Lipinski definition) is 0. The Balaban J connectivity index is 2.96. The van der Waals surface area contributed by atoms with E-state index >= 15 is 0 Å². The molecule has 0 fully saturated rings. The van der Waals surface area contributed by atoms with Crippen molar-refractivity contribution < 1.29 is 0 Å². The molecule has 1 aromatic carbocycles. The molecule has 0 saturated carbocycles. The van der Waals surface area contributed by atoms with Gasteiger partial charge in [-0.15, -0.1) is 0 Å². The van der Waals surface area contributed by atoms with E-state index in [1.807, 2.05) is 6.07 Å². The van der Waals surface area contributed by atoms with Crippen LogP contribution >= 0.6 is 11.6 Å². The topological polar surface area (TPSA) is 0 Å². The zero-order valence-electron chi connectivity index (χ0n) is 9.47. The first kappa shape index (κ1) is 11.6. The minimum atomic E-state index is 0.582. The largest absolute Gasteiger partial charge is 0.0840 e. The number of benzene rings is 1. The van der Waals surface area contributed by atoms with Crippen LogP contribution < -0.4 is 0 Å². The standard InChI is InChI=1S/C13H19Cl/c1-9(2)7-12-8-11(10(3)4)5-6-13(12)14/h5-6,8-10H,7H2,1-4H3. The zero-order valence-corrected chi connectivity index (χ0v) is 10.2. The summed E-state index contributed by atoms with van der Waals surface area (Å²) in [6.07, 6.45) is 1.07. The Hall–Kier alpha value is -0.490. The van der Waals surface area contributed by atoms with Gasteiger partial charge in [0, 0.05) is 5.02 Å². The molecule has 0 N–H and O–H groups in total. The van der Waals surface area contributed by atoms with Gasteiger partial charge in [0.1, 0.15) is 0 Å². The summed E-state index contributed by atoms with van der Waals surface area (Å²) in [6.45, 7) is 8.86. The third-order valence-electron chi connectivity index (χ3n) is 2.36. The molecule has 14 heavy (non-hydrogen) atoms. The average molecular weight is 211 g/mol. The van der Waals surface area contributed by atoms with Gasteiger partial charge in [-0.25, -0.2) is 0 Å². The molecule has 1 aromatic rings. The SMILES string of the molecule is CC(C)Cc1cc(C(C)C)ccc1Cl. The van der Waals surface area contributed by atoms with Crippen LogP contribution in [0.2, 0.25) is 5.02 Å². The highest BCUT2D eigenvalue weighted by atomic mass is 35.5. The molecule has 0 aromatic heterocycles. The summed E-state index contributed by atoms with van der Waals surface area (Å²) in [5.74, 6) is 1.24. The van der Waals surface area contributed by atoms with Crippen molar-refractivity contribution in [1.29, 1.82) is 0 Å². The summed E-state index contributed by atoms with van der Waals surface area (Å²) < 4.78 is 0. The molecule has 0 atom stereocenters. The van der Waals surface area contributed by atoms with E-state index in [0.717, 1.165) is 11.4 Å². The predicted octanol–water partition coefficient (Wildman–Crippen LogP) is 4.66. The van der Waals surface area contributed by atoms with Crippen LogP contribution in [0.15, 0.2) is 18.2 Å². The van der Waals surface area contributed by atoms with Crippen LogP contribution in [0.3, 0.4) is 0 Å². The number of rotatable bonds is 3. The van der Waals surface area contributed by atoms with Crippen LogP contribution in [0, 0.1) is 5.92 Å². The van der Waals surface area contributed by atoms with E-state index in [-0.39, 0.29) is 0 Å². The van der Waals surface area contributed by atoms with E-state index in [1.165, 1.54) is 11.1 Å². The molecule has 1 rings (SSSR count). The summed E-state index contributed by atoms with van der Waals surface area (Å²) in [7, 11) is 0. The van der Waals surface area contributed by atoms with Gasteiger partial charge in [0.25, 0.3) is 0 Å². The van der Waals surface area contributed by atoms with Gasteiger partial charge in [0.2, 0.25) is 0 Å². The van der Waals surface area contributed by atoms with Crippen molar-refractivity contribution in [3.63, 3.8) is 0 Å². The van der Waals surface area contributed by atoms with E-state index in [1.54, 1.807) is 0 Å². The maximum absolute atomic E-state index is 6.14. The van der Waals surface area contributed by atoms with Crippen LogP contribution in [-0.4, -0.2) is 0 Å². The van der Waals surface area contributed by atoms with Crippen LogP contribution in [0.1, 0.15) is 44.7 Å². The van der Waals surface area contributed by atoms with Gasteiger partial charge < -0.3 is 0 Å². The predicted molar refractivity (Wildman–Crippen MR) is 64.1 cm³/mol. The van der Waals surface area contributed by atoms with Gasteiger partial charge >= 0.3 is 0 Å².